The molecule has 2 aromatic heterocycles. The first-order chi connectivity index (χ1) is 9.98. The van der Waals surface area contributed by atoms with Gasteiger partial charge < -0.3 is 10.4 Å². The fraction of sp³-hybridized carbons (Fsp3) is 0.500. The first-order valence-electron chi connectivity index (χ1n) is 7.34. The molecule has 2 rings (SSSR count). The van der Waals surface area contributed by atoms with Crippen molar-refractivity contribution < 1.29 is 5.11 Å². The molecule has 5 heteroatoms. The zero-order chi connectivity index (χ0) is 15.3. The minimum Gasteiger partial charge on any atom is -0.389 e. The molecule has 0 radical (unpaired) electrons. The van der Waals surface area contributed by atoms with E-state index in [4.69, 9.17) is 0 Å². The normalized spacial score (nSPS) is 14.3. The van der Waals surface area contributed by atoms with E-state index in [2.05, 4.69) is 34.3 Å². The number of aromatic amines is 1. The maximum absolute atomic E-state index is 10.3. The second-order valence-corrected chi connectivity index (χ2v) is 6.21. The number of H-pyrrole nitrogens is 1. The van der Waals surface area contributed by atoms with E-state index in [0.717, 1.165) is 23.2 Å². The number of aromatic nitrogens is 3. The molecule has 2 heterocycles. The smallest absolute Gasteiger partial charge is 0.0746 e. The Bertz CT molecular complexity index is 548. The summed E-state index contributed by atoms with van der Waals surface area (Å²) < 4.78 is 0. The summed E-state index contributed by atoms with van der Waals surface area (Å²) in [5, 5.41) is 20.7. The van der Waals surface area contributed by atoms with E-state index in [1.54, 1.807) is 6.20 Å². The summed E-state index contributed by atoms with van der Waals surface area (Å²) >= 11 is 0. The molecule has 5 nitrogen and oxygen atoms in total. The largest absolute Gasteiger partial charge is 0.389 e. The van der Waals surface area contributed by atoms with Crippen molar-refractivity contribution in [2.75, 3.05) is 6.54 Å². The molecule has 2 aromatic rings. The fourth-order valence-electron chi connectivity index (χ4n) is 2.62. The highest BCUT2D eigenvalue weighted by Gasteiger charge is 2.21. The van der Waals surface area contributed by atoms with Crippen LogP contribution in [-0.4, -0.2) is 32.4 Å². The maximum atomic E-state index is 10.3. The van der Waals surface area contributed by atoms with Gasteiger partial charge in [-0.25, -0.2) is 0 Å². The Kier molecular flexibility index (Phi) is 5.09. The Labute approximate surface area is 125 Å². The Morgan fingerprint density at radius 2 is 2.19 bits per heavy atom. The number of nitrogens with zero attached hydrogens (tertiary/aromatic N) is 2. The summed E-state index contributed by atoms with van der Waals surface area (Å²) in [5.74, 6) is 0.474. The predicted octanol–water partition coefficient (Wildman–Crippen LogP) is 2.36. The average molecular weight is 288 g/mol. The van der Waals surface area contributed by atoms with Crippen LogP contribution in [0.2, 0.25) is 0 Å². The van der Waals surface area contributed by atoms with Crippen molar-refractivity contribution in [3.8, 4) is 11.3 Å². The lowest BCUT2D eigenvalue weighted by Crippen LogP contribution is -2.38. The summed E-state index contributed by atoms with van der Waals surface area (Å²) in [6.07, 6.45) is 6.15. The molecule has 0 fully saturated rings. The molecule has 21 heavy (non-hydrogen) atoms. The van der Waals surface area contributed by atoms with Crippen LogP contribution in [0.3, 0.4) is 0 Å². The van der Waals surface area contributed by atoms with Gasteiger partial charge in [0.25, 0.3) is 0 Å². The number of pyridine rings is 1. The van der Waals surface area contributed by atoms with Gasteiger partial charge in [0.05, 0.1) is 17.5 Å². The van der Waals surface area contributed by atoms with Gasteiger partial charge in [-0.3, -0.25) is 10.1 Å². The van der Waals surface area contributed by atoms with Crippen LogP contribution in [0.4, 0.5) is 0 Å². The summed E-state index contributed by atoms with van der Waals surface area (Å²) in [6.45, 7) is 7.32. The quantitative estimate of drug-likeness (QED) is 0.731. The van der Waals surface area contributed by atoms with Crippen molar-refractivity contribution in [3.63, 3.8) is 0 Å². The van der Waals surface area contributed by atoms with Gasteiger partial charge >= 0.3 is 0 Å². The third-order valence-electron chi connectivity index (χ3n) is 3.34. The molecule has 114 valence electrons. The molecule has 0 aliphatic rings. The molecular formula is C16H24N4O. The van der Waals surface area contributed by atoms with Gasteiger partial charge in [0.1, 0.15) is 0 Å². The van der Waals surface area contributed by atoms with E-state index in [-0.39, 0.29) is 0 Å². The topological polar surface area (TPSA) is 73.8 Å². The zero-order valence-corrected chi connectivity index (χ0v) is 12.9. The van der Waals surface area contributed by atoms with Gasteiger partial charge in [-0.15, -0.1) is 0 Å². The molecule has 0 aromatic carbocycles. The van der Waals surface area contributed by atoms with Crippen molar-refractivity contribution in [1.29, 1.82) is 0 Å². The lowest BCUT2D eigenvalue weighted by atomic mass is 9.94. The van der Waals surface area contributed by atoms with Gasteiger partial charge in [0, 0.05) is 36.6 Å². The molecular weight excluding hydrogens is 264 g/mol. The van der Waals surface area contributed by atoms with Gasteiger partial charge in [0.15, 0.2) is 0 Å². The first-order valence-corrected chi connectivity index (χ1v) is 7.34. The number of aliphatic hydroxyl groups is 1. The van der Waals surface area contributed by atoms with Crippen LogP contribution in [0.1, 0.15) is 32.8 Å². The SMILES string of the molecule is CC(C)CC(C)(O)CNCc1cn[nH]c1-c1cccnc1. The molecule has 0 saturated carbocycles. The number of hydrogen-bond donors (Lipinski definition) is 3. The van der Waals surface area contributed by atoms with E-state index < -0.39 is 5.60 Å². The standard InChI is InChI=1S/C16H24N4O/c1-12(2)7-16(3,21)11-18-9-14-10-19-20-15(14)13-5-4-6-17-8-13/h4-6,8,10,12,18,21H,7,9,11H2,1-3H3,(H,19,20). The van der Waals surface area contributed by atoms with Crippen LogP contribution >= 0.6 is 0 Å². The summed E-state index contributed by atoms with van der Waals surface area (Å²) in [4.78, 5) is 4.13. The van der Waals surface area contributed by atoms with Crippen molar-refractivity contribution in [2.45, 2.75) is 39.3 Å². The minimum absolute atomic E-state index is 0.474. The molecule has 0 spiro atoms. The average Bonchev–Trinajstić information content (AvgIpc) is 2.86. The molecule has 0 amide bonds. The van der Waals surface area contributed by atoms with Gasteiger partial charge in [0.2, 0.25) is 0 Å². The van der Waals surface area contributed by atoms with Crippen molar-refractivity contribution >= 4 is 0 Å². The van der Waals surface area contributed by atoms with Crippen molar-refractivity contribution in [3.05, 3.63) is 36.3 Å². The molecule has 0 aliphatic heterocycles. The van der Waals surface area contributed by atoms with Gasteiger partial charge in [-0.2, -0.15) is 5.10 Å². The number of hydrogen-bond acceptors (Lipinski definition) is 4. The Morgan fingerprint density at radius 1 is 1.38 bits per heavy atom. The van der Waals surface area contributed by atoms with E-state index in [0.29, 0.717) is 19.0 Å². The molecule has 1 atom stereocenters. The van der Waals surface area contributed by atoms with Crippen LogP contribution in [0, 0.1) is 5.92 Å². The molecule has 0 saturated heterocycles. The highest BCUT2D eigenvalue weighted by atomic mass is 16.3. The Morgan fingerprint density at radius 3 is 2.86 bits per heavy atom. The van der Waals surface area contributed by atoms with Gasteiger partial charge in [-0.05, 0) is 31.4 Å². The van der Waals surface area contributed by atoms with Crippen molar-refractivity contribution in [2.24, 2.45) is 5.92 Å². The van der Waals surface area contributed by atoms with Crippen LogP contribution in [0.15, 0.2) is 30.7 Å². The predicted molar refractivity (Wildman–Crippen MR) is 83.6 cm³/mol. The number of rotatable bonds is 7. The van der Waals surface area contributed by atoms with E-state index >= 15 is 0 Å². The van der Waals surface area contributed by atoms with Crippen LogP contribution in [-0.2, 0) is 6.54 Å². The minimum atomic E-state index is -0.688. The number of nitrogens with one attached hydrogen (secondary N) is 2. The third kappa shape index (κ3) is 4.65. The lowest BCUT2D eigenvalue weighted by molar-refractivity contribution is 0.0383. The highest BCUT2D eigenvalue weighted by Crippen LogP contribution is 2.20. The Balaban J connectivity index is 1.95. The molecule has 0 bridgehead atoms. The zero-order valence-electron chi connectivity index (χ0n) is 12.9. The maximum Gasteiger partial charge on any atom is 0.0746 e. The second kappa shape index (κ2) is 6.83. The van der Waals surface area contributed by atoms with E-state index in [9.17, 15) is 5.11 Å². The summed E-state index contributed by atoms with van der Waals surface area (Å²) in [5.41, 5.74) is 2.37. The monoisotopic (exact) mass is 288 g/mol. The van der Waals surface area contributed by atoms with Crippen LogP contribution in [0.25, 0.3) is 11.3 Å². The lowest BCUT2D eigenvalue weighted by Gasteiger charge is -2.25. The fourth-order valence-corrected chi connectivity index (χ4v) is 2.62. The highest BCUT2D eigenvalue weighted by molar-refractivity contribution is 5.61. The first kappa shape index (κ1) is 15.7. The summed E-state index contributed by atoms with van der Waals surface area (Å²) in [7, 11) is 0. The second-order valence-electron chi connectivity index (χ2n) is 6.21. The van der Waals surface area contributed by atoms with Crippen LogP contribution in [0.5, 0.6) is 0 Å². The summed E-state index contributed by atoms with van der Waals surface area (Å²) in [6, 6.07) is 3.90. The van der Waals surface area contributed by atoms with Gasteiger partial charge in [-0.1, -0.05) is 13.8 Å². The van der Waals surface area contributed by atoms with E-state index in [1.165, 1.54) is 0 Å². The molecule has 3 N–H and O–H groups in total. The Hall–Kier alpha value is -1.72. The molecule has 0 aliphatic carbocycles. The third-order valence-corrected chi connectivity index (χ3v) is 3.34. The van der Waals surface area contributed by atoms with Crippen LogP contribution < -0.4 is 5.32 Å². The molecule has 1 unspecified atom stereocenters. The van der Waals surface area contributed by atoms with E-state index in [1.807, 2.05) is 31.5 Å². The van der Waals surface area contributed by atoms with Crippen molar-refractivity contribution in [1.82, 2.24) is 20.5 Å².